The number of thiophene rings is 3. The fraction of sp³-hybridized carbons (Fsp3) is 0. The standard InChI is InChI=1S/C51H29N3S3/c1-3-14-30(15-4-1)49-52-50(31-16-5-2-6-17-31)54-51(53-49)39-24-12-23-38-45-36(21-13-27-44(45)57-47(38)39)41-29-32(28-40-35-19-8-10-26-43(35)56-48(40)41)33-20-11-22-37-34-18-7-9-25-42(34)55-46(33)37/h1-29H. The van der Waals surface area contributed by atoms with E-state index in [0.29, 0.717) is 17.5 Å². The second-order valence-electron chi connectivity index (χ2n) is 14.3. The van der Waals surface area contributed by atoms with Crippen LogP contribution in [-0.4, -0.2) is 15.0 Å². The van der Waals surface area contributed by atoms with Crippen molar-refractivity contribution in [3.05, 3.63) is 176 Å². The highest BCUT2D eigenvalue weighted by atomic mass is 32.1. The van der Waals surface area contributed by atoms with Gasteiger partial charge in [-0.3, -0.25) is 0 Å². The first-order chi connectivity index (χ1) is 28.2. The van der Waals surface area contributed by atoms with Crippen LogP contribution in [0.25, 0.3) is 117 Å². The van der Waals surface area contributed by atoms with Gasteiger partial charge in [0.15, 0.2) is 17.5 Å². The number of benzene rings is 8. The molecule has 0 radical (unpaired) electrons. The average molecular weight is 780 g/mol. The monoisotopic (exact) mass is 779 g/mol. The molecule has 6 heteroatoms. The molecule has 0 unspecified atom stereocenters. The smallest absolute Gasteiger partial charge is 0.165 e. The molecule has 0 amide bonds. The zero-order valence-corrected chi connectivity index (χ0v) is 32.8. The van der Waals surface area contributed by atoms with Crippen molar-refractivity contribution < 1.29 is 0 Å². The molecule has 3 nitrogen and oxygen atoms in total. The Morgan fingerprint density at radius 2 is 0.754 bits per heavy atom. The Hall–Kier alpha value is -6.57. The van der Waals surface area contributed by atoms with Crippen molar-refractivity contribution >= 4 is 94.5 Å². The molecule has 0 saturated heterocycles. The molecule has 0 aliphatic heterocycles. The molecular weight excluding hydrogens is 751 g/mol. The Morgan fingerprint density at radius 3 is 1.46 bits per heavy atom. The van der Waals surface area contributed by atoms with Crippen LogP contribution in [0.2, 0.25) is 0 Å². The van der Waals surface area contributed by atoms with Crippen LogP contribution >= 0.6 is 34.0 Å². The van der Waals surface area contributed by atoms with E-state index >= 15 is 0 Å². The Labute approximate surface area is 339 Å². The van der Waals surface area contributed by atoms with Crippen LogP contribution in [0.1, 0.15) is 0 Å². The summed E-state index contributed by atoms with van der Waals surface area (Å²) in [6, 6.07) is 63.0. The molecule has 4 aromatic heterocycles. The zero-order valence-electron chi connectivity index (χ0n) is 30.3. The molecule has 4 heterocycles. The first-order valence-electron chi connectivity index (χ1n) is 18.9. The van der Waals surface area contributed by atoms with Crippen LogP contribution in [-0.2, 0) is 0 Å². The molecule has 0 aliphatic carbocycles. The molecule has 57 heavy (non-hydrogen) atoms. The van der Waals surface area contributed by atoms with E-state index in [-0.39, 0.29) is 0 Å². The summed E-state index contributed by atoms with van der Waals surface area (Å²) in [5.41, 5.74) is 7.94. The summed E-state index contributed by atoms with van der Waals surface area (Å²) in [7, 11) is 0. The minimum atomic E-state index is 0.663. The van der Waals surface area contributed by atoms with Gasteiger partial charge < -0.3 is 0 Å². The lowest BCUT2D eigenvalue weighted by molar-refractivity contribution is 1.08. The fourth-order valence-corrected chi connectivity index (χ4v) is 12.0. The molecule has 266 valence electrons. The molecule has 12 aromatic rings. The van der Waals surface area contributed by atoms with Crippen LogP contribution in [0.4, 0.5) is 0 Å². The van der Waals surface area contributed by atoms with E-state index in [1.54, 1.807) is 0 Å². The number of nitrogens with zero attached hydrogens (tertiary/aromatic N) is 3. The van der Waals surface area contributed by atoms with Gasteiger partial charge in [0.2, 0.25) is 0 Å². The fourth-order valence-electron chi connectivity index (χ4n) is 8.33. The summed E-state index contributed by atoms with van der Waals surface area (Å²) in [6.45, 7) is 0. The van der Waals surface area contributed by atoms with Crippen molar-refractivity contribution in [2.24, 2.45) is 0 Å². The number of rotatable bonds is 5. The highest BCUT2D eigenvalue weighted by molar-refractivity contribution is 7.27. The van der Waals surface area contributed by atoms with Crippen molar-refractivity contribution in [2.45, 2.75) is 0 Å². The Kier molecular flexibility index (Phi) is 7.45. The maximum atomic E-state index is 5.14. The number of hydrogen-bond donors (Lipinski definition) is 0. The molecule has 0 N–H and O–H groups in total. The van der Waals surface area contributed by atoms with Gasteiger partial charge in [-0.05, 0) is 53.1 Å². The van der Waals surface area contributed by atoms with Gasteiger partial charge >= 0.3 is 0 Å². The van der Waals surface area contributed by atoms with Gasteiger partial charge in [-0.25, -0.2) is 15.0 Å². The van der Waals surface area contributed by atoms with Crippen LogP contribution in [0.5, 0.6) is 0 Å². The van der Waals surface area contributed by atoms with E-state index in [4.69, 9.17) is 15.0 Å². The summed E-state index contributed by atoms with van der Waals surface area (Å²) in [6.07, 6.45) is 0. The lowest BCUT2D eigenvalue weighted by Crippen LogP contribution is -2.00. The minimum absolute atomic E-state index is 0.663. The highest BCUT2D eigenvalue weighted by Crippen LogP contribution is 2.49. The second kappa shape index (κ2) is 13.0. The highest BCUT2D eigenvalue weighted by Gasteiger charge is 2.21. The van der Waals surface area contributed by atoms with Crippen molar-refractivity contribution in [3.8, 4) is 56.4 Å². The van der Waals surface area contributed by atoms with Gasteiger partial charge in [0.25, 0.3) is 0 Å². The quantitative estimate of drug-likeness (QED) is 0.175. The normalized spacial score (nSPS) is 11.9. The third-order valence-corrected chi connectivity index (χ3v) is 14.6. The van der Waals surface area contributed by atoms with Gasteiger partial charge in [-0.15, -0.1) is 34.0 Å². The maximum Gasteiger partial charge on any atom is 0.165 e. The van der Waals surface area contributed by atoms with Crippen molar-refractivity contribution in [1.82, 2.24) is 15.0 Å². The summed E-state index contributed by atoms with van der Waals surface area (Å²) in [4.78, 5) is 15.2. The molecule has 0 saturated carbocycles. The van der Waals surface area contributed by atoms with Crippen LogP contribution in [0.15, 0.2) is 176 Å². The van der Waals surface area contributed by atoms with Gasteiger partial charge in [-0.2, -0.15) is 0 Å². The predicted octanol–water partition coefficient (Wildman–Crippen LogP) is 15.3. The zero-order chi connectivity index (χ0) is 37.5. The summed E-state index contributed by atoms with van der Waals surface area (Å²) in [5.74, 6) is 2.00. The number of aromatic nitrogens is 3. The van der Waals surface area contributed by atoms with Crippen LogP contribution < -0.4 is 0 Å². The summed E-state index contributed by atoms with van der Waals surface area (Å²) < 4.78 is 7.66. The first kappa shape index (κ1) is 32.7. The second-order valence-corrected chi connectivity index (χ2v) is 17.4. The number of fused-ring (bicyclic) bond motifs is 9. The average Bonchev–Trinajstić information content (AvgIpc) is 3.98. The Balaban J connectivity index is 1.11. The maximum absolute atomic E-state index is 5.14. The molecule has 12 rings (SSSR count). The molecule has 0 bridgehead atoms. The van der Waals surface area contributed by atoms with E-state index in [1.807, 2.05) is 70.4 Å². The van der Waals surface area contributed by atoms with Gasteiger partial charge in [-0.1, -0.05) is 140 Å². The largest absolute Gasteiger partial charge is 0.208 e. The van der Waals surface area contributed by atoms with E-state index in [1.165, 1.54) is 82.8 Å². The van der Waals surface area contributed by atoms with Gasteiger partial charge in [0, 0.05) is 82.8 Å². The lowest BCUT2D eigenvalue weighted by atomic mass is 9.93. The van der Waals surface area contributed by atoms with E-state index < -0.39 is 0 Å². The van der Waals surface area contributed by atoms with Crippen LogP contribution in [0, 0.1) is 0 Å². The Bertz CT molecular complexity index is 3470. The van der Waals surface area contributed by atoms with E-state index in [0.717, 1.165) is 16.7 Å². The summed E-state index contributed by atoms with van der Waals surface area (Å²) >= 11 is 5.59. The Morgan fingerprint density at radius 1 is 0.281 bits per heavy atom. The molecule has 0 atom stereocenters. The summed E-state index contributed by atoms with van der Waals surface area (Å²) in [5, 5.41) is 7.69. The number of hydrogen-bond acceptors (Lipinski definition) is 6. The van der Waals surface area contributed by atoms with Crippen molar-refractivity contribution in [3.63, 3.8) is 0 Å². The lowest BCUT2D eigenvalue weighted by Gasteiger charge is -2.12. The third kappa shape index (κ3) is 5.26. The van der Waals surface area contributed by atoms with E-state index in [2.05, 4.69) is 140 Å². The molecule has 0 aliphatic rings. The minimum Gasteiger partial charge on any atom is -0.208 e. The van der Waals surface area contributed by atoms with Crippen molar-refractivity contribution in [1.29, 1.82) is 0 Å². The molecule has 8 aromatic carbocycles. The van der Waals surface area contributed by atoms with Gasteiger partial charge in [0.05, 0.1) is 0 Å². The van der Waals surface area contributed by atoms with Crippen molar-refractivity contribution in [2.75, 3.05) is 0 Å². The predicted molar refractivity (Wildman–Crippen MR) is 246 cm³/mol. The SMILES string of the molecule is c1ccc(-c2nc(-c3ccccc3)nc(-c3cccc4c3sc3cccc(-c5cc(-c6cccc7c6sc6ccccc67)cc6c5sc5ccccc56)c34)n2)cc1. The van der Waals surface area contributed by atoms with E-state index in [9.17, 15) is 0 Å². The first-order valence-corrected chi connectivity index (χ1v) is 21.4. The molecule has 0 fully saturated rings. The topological polar surface area (TPSA) is 38.7 Å². The third-order valence-electron chi connectivity index (χ3n) is 10.9. The molecule has 0 spiro atoms. The molecular formula is C51H29N3S3. The van der Waals surface area contributed by atoms with Crippen LogP contribution in [0.3, 0.4) is 0 Å². The van der Waals surface area contributed by atoms with Gasteiger partial charge in [0.1, 0.15) is 0 Å².